The highest BCUT2D eigenvalue weighted by atomic mass is 79.9. The van der Waals surface area contributed by atoms with Crippen molar-refractivity contribution in [1.29, 1.82) is 10.5 Å². The Hall–Kier alpha value is -3.61. The second kappa shape index (κ2) is 12.5. The quantitative estimate of drug-likeness (QED) is 0.248. The van der Waals surface area contributed by atoms with Gasteiger partial charge in [-0.2, -0.15) is 10.5 Å². The van der Waals surface area contributed by atoms with Crippen LogP contribution >= 0.6 is 39.0 Å². The highest BCUT2D eigenvalue weighted by molar-refractivity contribution is 9.10. The molecule has 0 radical (unpaired) electrons. The molecule has 5 rings (SSSR count). The van der Waals surface area contributed by atoms with Crippen molar-refractivity contribution < 1.29 is 14.3 Å². The Morgan fingerprint density at radius 2 is 2.10 bits per heavy atom. The van der Waals surface area contributed by atoms with Crippen LogP contribution in [0.2, 0.25) is 0 Å². The summed E-state index contributed by atoms with van der Waals surface area (Å²) in [6.45, 7) is 3.45. The van der Waals surface area contributed by atoms with Gasteiger partial charge in [-0.05, 0) is 42.6 Å². The van der Waals surface area contributed by atoms with E-state index in [1.54, 1.807) is 18.3 Å². The molecule has 2 aliphatic rings. The molecule has 0 amide bonds. The number of halogens is 1. The topological polar surface area (TPSA) is 125 Å². The normalized spacial score (nSPS) is 17.0. The van der Waals surface area contributed by atoms with Crippen molar-refractivity contribution in [2.45, 2.75) is 30.8 Å². The van der Waals surface area contributed by atoms with E-state index in [-0.39, 0.29) is 35.1 Å². The maximum atomic E-state index is 13.4. The first kappa shape index (κ1) is 28.9. The number of rotatable bonds is 7. The number of hydrogen-bond acceptors (Lipinski definition) is 10. The number of carbonyl (C=O) groups is 1. The molecule has 0 bridgehead atoms. The lowest BCUT2D eigenvalue weighted by atomic mass is 9.83. The number of nitrogens with two attached hydrogens (primary N) is 1. The number of thiophene rings is 1. The zero-order chi connectivity index (χ0) is 29.1. The van der Waals surface area contributed by atoms with Gasteiger partial charge in [0.25, 0.3) is 0 Å². The third kappa shape index (κ3) is 5.64. The van der Waals surface area contributed by atoms with E-state index in [2.05, 4.69) is 40.0 Å². The third-order valence-corrected chi connectivity index (χ3v) is 9.52. The van der Waals surface area contributed by atoms with Gasteiger partial charge in [0, 0.05) is 40.1 Å². The van der Waals surface area contributed by atoms with E-state index < -0.39 is 11.9 Å². The van der Waals surface area contributed by atoms with Crippen LogP contribution in [0.3, 0.4) is 0 Å². The number of carbonyl (C=O) groups excluding carboxylic acids is 1. The molecule has 208 valence electrons. The fourth-order valence-electron chi connectivity index (χ4n) is 5.08. The Morgan fingerprint density at radius 1 is 1.29 bits per heavy atom. The minimum atomic E-state index is -0.789. The predicted octanol–water partition coefficient (Wildman–Crippen LogP) is 5.85. The van der Waals surface area contributed by atoms with E-state index in [1.165, 1.54) is 11.8 Å². The van der Waals surface area contributed by atoms with Crippen molar-refractivity contribution in [1.82, 2.24) is 9.88 Å². The second-order valence-corrected chi connectivity index (χ2v) is 12.2. The second-order valence-electron chi connectivity index (χ2n) is 9.46. The summed E-state index contributed by atoms with van der Waals surface area (Å²) in [5.74, 6) is -1.03. The van der Waals surface area contributed by atoms with Crippen LogP contribution in [0.1, 0.15) is 35.2 Å². The predicted molar refractivity (Wildman–Crippen MR) is 161 cm³/mol. The molecule has 0 unspecified atom stereocenters. The van der Waals surface area contributed by atoms with Crippen LogP contribution in [-0.2, 0) is 27.2 Å². The summed E-state index contributed by atoms with van der Waals surface area (Å²) >= 11 is 6.46. The molecule has 1 aromatic carbocycles. The molecule has 2 aliphatic heterocycles. The van der Waals surface area contributed by atoms with E-state index in [4.69, 9.17) is 20.2 Å². The van der Waals surface area contributed by atoms with E-state index in [1.807, 2.05) is 41.8 Å². The van der Waals surface area contributed by atoms with Crippen LogP contribution in [0.15, 0.2) is 74.1 Å². The van der Waals surface area contributed by atoms with Crippen molar-refractivity contribution in [2.75, 3.05) is 26.0 Å². The molecular weight excluding hydrogens is 622 g/mol. The Labute approximate surface area is 255 Å². The molecule has 3 aromatic rings. The van der Waals surface area contributed by atoms with Crippen molar-refractivity contribution in [3.8, 4) is 22.6 Å². The Balaban J connectivity index is 1.62. The van der Waals surface area contributed by atoms with Crippen LogP contribution < -0.4 is 5.73 Å². The van der Waals surface area contributed by atoms with Gasteiger partial charge in [-0.3, -0.25) is 0 Å². The molecule has 0 saturated carbocycles. The van der Waals surface area contributed by atoms with Gasteiger partial charge >= 0.3 is 5.97 Å². The first-order valence-electron chi connectivity index (χ1n) is 12.9. The number of esters is 1. The smallest absolute Gasteiger partial charge is 0.338 e. The van der Waals surface area contributed by atoms with Gasteiger partial charge in [-0.25, -0.2) is 9.78 Å². The molecule has 0 fully saturated rings. The average Bonchev–Trinajstić information content (AvgIpc) is 3.50. The maximum absolute atomic E-state index is 13.4. The van der Waals surface area contributed by atoms with Crippen molar-refractivity contribution in [3.05, 3.63) is 91.4 Å². The number of fused-ring (bicyclic) bond motifs is 1. The standard InChI is InChI=1S/C30H26BrN5O3S2/c1-3-38-30(37)27-23(39-28(34)18(13-32)26(27)17-7-4-5-8-21(17)31)16-41-29-19(14-33)25(24-9-6-12-40-24)20-15-36(2)11-10-22(20)35-29/h4-9,12,26H,3,10-11,15-16,34H2,1-2H3/t26-/m0/s1. The number of nitrogens with zero attached hydrogens (tertiary/aromatic N) is 4. The van der Waals surface area contributed by atoms with E-state index in [0.29, 0.717) is 22.7 Å². The van der Waals surface area contributed by atoms with Crippen molar-refractivity contribution in [3.63, 3.8) is 0 Å². The molecule has 1 atom stereocenters. The van der Waals surface area contributed by atoms with Crippen LogP contribution in [0.4, 0.5) is 0 Å². The summed E-state index contributed by atoms with van der Waals surface area (Å²) in [6.07, 6.45) is 0.766. The summed E-state index contributed by atoms with van der Waals surface area (Å²) in [6, 6.07) is 15.9. The van der Waals surface area contributed by atoms with Crippen LogP contribution in [-0.4, -0.2) is 41.8 Å². The molecule has 2 aromatic heterocycles. The minimum Gasteiger partial charge on any atom is -0.463 e. The molecule has 41 heavy (non-hydrogen) atoms. The molecule has 11 heteroatoms. The summed E-state index contributed by atoms with van der Waals surface area (Å²) in [7, 11) is 2.06. The first-order chi connectivity index (χ1) is 19.9. The monoisotopic (exact) mass is 647 g/mol. The Bertz CT molecular complexity index is 1650. The molecule has 2 N–H and O–H groups in total. The number of ether oxygens (including phenoxy) is 2. The van der Waals surface area contributed by atoms with E-state index in [9.17, 15) is 15.3 Å². The lowest BCUT2D eigenvalue weighted by Gasteiger charge is -2.29. The van der Waals surface area contributed by atoms with Crippen LogP contribution in [0.5, 0.6) is 0 Å². The number of nitriles is 2. The molecule has 0 saturated heterocycles. The van der Waals surface area contributed by atoms with Gasteiger partial charge in [0.2, 0.25) is 5.88 Å². The summed E-state index contributed by atoms with van der Waals surface area (Å²) in [5.41, 5.74) is 10.7. The molecule has 8 nitrogen and oxygen atoms in total. The highest BCUT2D eigenvalue weighted by Gasteiger charge is 2.38. The number of likely N-dealkylation sites (N-methyl/N-ethyl adjacent to an activating group) is 1. The van der Waals surface area contributed by atoms with Crippen LogP contribution in [0.25, 0.3) is 10.4 Å². The maximum Gasteiger partial charge on any atom is 0.338 e. The van der Waals surface area contributed by atoms with Crippen LogP contribution in [0, 0.1) is 22.7 Å². The summed E-state index contributed by atoms with van der Waals surface area (Å²) < 4.78 is 12.1. The summed E-state index contributed by atoms with van der Waals surface area (Å²) in [4.78, 5) is 21.6. The van der Waals surface area contributed by atoms with Gasteiger partial charge in [-0.15, -0.1) is 11.3 Å². The Morgan fingerprint density at radius 3 is 2.78 bits per heavy atom. The minimum absolute atomic E-state index is 0.0712. The fourth-order valence-corrected chi connectivity index (χ4v) is 7.35. The van der Waals surface area contributed by atoms with Crippen molar-refractivity contribution >= 4 is 45.0 Å². The number of allylic oxidation sites excluding steroid dienone is 1. The lowest BCUT2D eigenvalue weighted by molar-refractivity contribution is -0.139. The fraction of sp³-hybridized carbons (Fsp3) is 0.267. The lowest BCUT2D eigenvalue weighted by Crippen LogP contribution is -2.28. The van der Waals surface area contributed by atoms with E-state index in [0.717, 1.165) is 39.1 Å². The van der Waals surface area contributed by atoms with Gasteiger partial charge in [0.1, 0.15) is 28.5 Å². The molecule has 0 spiro atoms. The summed E-state index contributed by atoms with van der Waals surface area (Å²) in [5, 5.41) is 22.9. The number of pyridine rings is 1. The first-order valence-corrected chi connectivity index (χ1v) is 15.6. The Kier molecular flexibility index (Phi) is 8.81. The molecule has 0 aliphatic carbocycles. The number of thioether (sulfide) groups is 1. The van der Waals surface area contributed by atoms with Gasteiger partial charge in [-0.1, -0.05) is 52.0 Å². The number of hydrogen-bond donors (Lipinski definition) is 1. The van der Waals surface area contributed by atoms with Crippen molar-refractivity contribution in [2.24, 2.45) is 5.73 Å². The van der Waals surface area contributed by atoms with Gasteiger partial charge < -0.3 is 20.1 Å². The SMILES string of the molecule is CCOC(=O)C1=C(CSc2nc3c(c(-c4cccs4)c2C#N)CN(C)CC3)OC(N)=C(C#N)[C@@H]1c1ccccc1Br. The molecule has 4 heterocycles. The number of benzene rings is 1. The zero-order valence-electron chi connectivity index (χ0n) is 22.4. The largest absolute Gasteiger partial charge is 0.463 e. The average molecular weight is 649 g/mol. The number of aromatic nitrogens is 1. The van der Waals surface area contributed by atoms with Gasteiger partial charge in [0.15, 0.2) is 0 Å². The van der Waals surface area contributed by atoms with Gasteiger partial charge in [0.05, 0.1) is 29.4 Å². The third-order valence-electron chi connectivity index (χ3n) is 6.94. The molecular formula is C30H26BrN5O3S2. The van der Waals surface area contributed by atoms with E-state index >= 15 is 0 Å². The highest BCUT2D eigenvalue weighted by Crippen LogP contribution is 2.44. The zero-order valence-corrected chi connectivity index (χ0v) is 25.7.